The zero-order valence-electron chi connectivity index (χ0n) is 9.95. The second kappa shape index (κ2) is 3.67. The van der Waals surface area contributed by atoms with Gasteiger partial charge in [-0.2, -0.15) is 0 Å². The van der Waals surface area contributed by atoms with Crippen molar-refractivity contribution in [3.8, 4) is 5.69 Å². The Bertz CT molecular complexity index is 693. The Kier molecular flexibility index (Phi) is 2.00. The minimum atomic E-state index is 0.808. The Labute approximate surface area is 105 Å². The first-order valence-corrected chi connectivity index (χ1v) is 6.29. The van der Waals surface area contributed by atoms with Gasteiger partial charge in [0.2, 0.25) is 0 Å². The lowest BCUT2D eigenvalue weighted by molar-refractivity contribution is 1.06. The first-order chi connectivity index (χ1) is 8.92. The van der Waals surface area contributed by atoms with E-state index in [1.54, 1.807) is 6.33 Å². The molecule has 1 fully saturated rings. The number of benzene rings is 1. The van der Waals surface area contributed by atoms with E-state index in [1.165, 1.54) is 18.4 Å². The predicted molar refractivity (Wildman–Crippen MR) is 70.8 cm³/mol. The van der Waals surface area contributed by atoms with Crippen LogP contribution in [0.4, 0.5) is 0 Å². The molecule has 4 rings (SSSR count). The molecule has 0 radical (unpaired) electrons. The molecule has 0 spiro atoms. The molecule has 1 aliphatic rings. The van der Waals surface area contributed by atoms with Crippen molar-refractivity contribution < 1.29 is 0 Å². The lowest BCUT2D eigenvalue weighted by Crippen LogP contribution is -1.94. The van der Waals surface area contributed by atoms with E-state index in [2.05, 4.69) is 38.8 Å². The second-order valence-electron chi connectivity index (χ2n) is 4.85. The number of hydrogen-bond donors (Lipinski definition) is 0. The molecule has 88 valence electrons. The first kappa shape index (κ1) is 9.83. The number of hydrogen-bond acceptors (Lipinski definition) is 2. The fraction of sp³-hybridized carbons (Fsp3) is 0.200. The van der Waals surface area contributed by atoms with Crippen LogP contribution in [0.5, 0.6) is 0 Å². The monoisotopic (exact) mass is 235 g/mol. The van der Waals surface area contributed by atoms with Crippen molar-refractivity contribution in [2.45, 2.75) is 18.8 Å². The standard InChI is InChI=1S/C15H13N3/c1-2-11(1)12-3-5-14(6-4-12)18-8-7-13-9-16-10-17-15(13)18/h3-11H,1-2H2. The fourth-order valence-corrected chi connectivity index (χ4v) is 2.41. The van der Waals surface area contributed by atoms with Gasteiger partial charge in [0.15, 0.2) is 0 Å². The summed E-state index contributed by atoms with van der Waals surface area (Å²) >= 11 is 0. The molecule has 1 saturated carbocycles. The Morgan fingerprint density at radius 2 is 1.89 bits per heavy atom. The van der Waals surface area contributed by atoms with Crippen LogP contribution in [0.15, 0.2) is 49.1 Å². The van der Waals surface area contributed by atoms with Gasteiger partial charge in [0, 0.05) is 23.5 Å². The topological polar surface area (TPSA) is 30.7 Å². The molecule has 0 bridgehead atoms. The van der Waals surface area contributed by atoms with Crippen LogP contribution >= 0.6 is 0 Å². The Balaban J connectivity index is 1.81. The largest absolute Gasteiger partial charge is 0.301 e. The summed E-state index contributed by atoms with van der Waals surface area (Å²) in [4.78, 5) is 8.38. The summed E-state index contributed by atoms with van der Waals surface area (Å²) in [7, 11) is 0. The average Bonchev–Trinajstić information content (AvgIpc) is 3.19. The number of fused-ring (bicyclic) bond motifs is 1. The summed E-state index contributed by atoms with van der Waals surface area (Å²) in [6.45, 7) is 0. The molecule has 2 aromatic heterocycles. The normalized spacial score (nSPS) is 15.1. The van der Waals surface area contributed by atoms with Gasteiger partial charge in [-0.3, -0.25) is 0 Å². The Morgan fingerprint density at radius 3 is 2.67 bits per heavy atom. The maximum Gasteiger partial charge on any atom is 0.147 e. The van der Waals surface area contributed by atoms with E-state index in [-0.39, 0.29) is 0 Å². The quantitative estimate of drug-likeness (QED) is 0.682. The molecule has 0 N–H and O–H groups in total. The summed E-state index contributed by atoms with van der Waals surface area (Å²) in [5, 5.41) is 1.07. The van der Waals surface area contributed by atoms with E-state index >= 15 is 0 Å². The molecule has 3 nitrogen and oxygen atoms in total. The van der Waals surface area contributed by atoms with Crippen LogP contribution in [0.25, 0.3) is 16.7 Å². The third kappa shape index (κ3) is 1.51. The smallest absolute Gasteiger partial charge is 0.147 e. The number of nitrogens with zero attached hydrogens (tertiary/aromatic N) is 3. The molecular formula is C15H13N3. The molecule has 0 saturated heterocycles. The van der Waals surface area contributed by atoms with E-state index in [4.69, 9.17) is 0 Å². The van der Waals surface area contributed by atoms with Crippen molar-refractivity contribution >= 4 is 11.0 Å². The molecule has 3 heteroatoms. The maximum absolute atomic E-state index is 4.34. The van der Waals surface area contributed by atoms with Gasteiger partial charge >= 0.3 is 0 Å². The molecule has 18 heavy (non-hydrogen) atoms. The van der Waals surface area contributed by atoms with Crippen LogP contribution in [-0.4, -0.2) is 14.5 Å². The van der Waals surface area contributed by atoms with E-state index in [0.29, 0.717) is 0 Å². The molecule has 1 aliphatic carbocycles. The highest BCUT2D eigenvalue weighted by Crippen LogP contribution is 2.40. The third-order valence-corrected chi connectivity index (χ3v) is 3.57. The highest BCUT2D eigenvalue weighted by atomic mass is 15.0. The Morgan fingerprint density at radius 1 is 1.06 bits per heavy atom. The van der Waals surface area contributed by atoms with E-state index in [0.717, 1.165) is 22.6 Å². The summed E-state index contributed by atoms with van der Waals surface area (Å²) in [5.41, 5.74) is 3.59. The Hall–Kier alpha value is -2.16. The van der Waals surface area contributed by atoms with Gasteiger partial charge in [0.1, 0.15) is 12.0 Å². The van der Waals surface area contributed by atoms with E-state index in [1.807, 2.05) is 18.5 Å². The van der Waals surface area contributed by atoms with Crippen molar-refractivity contribution in [3.05, 3.63) is 54.6 Å². The van der Waals surface area contributed by atoms with Gasteiger partial charge in [0.05, 0.1) is 0 Å². The van der Waals surface area contributed by atoms with Crippen LogP contribution in [0.1, 0.15) is 24.3 Å². The summed E-state index contributed by atoms with van der Waals surface area (Å²) in [5.74, 6) is 0.808. The van der Waals surface area contributed by atoms with Crippen LogP contribution in [0.3, 0.4) is 0 Å². The van der Waals surface area contributed by atoms with Crippen LogP contribution in [0, 0.1) is 0 Å². The van der Waals surface area contributed by atoms with Crippen molar-refractivity contribution in [2.75, 3.05) is 0 Å². The summed E-state index contributed by atoms with van der Waals surface area (Å²) in [6, 6.07) is 10.9. The highest BCUT2D eigenvalue weighted by Gasteiger charge is 2.23. The minimum absolute atomic E-state index is 0.808. The van der Waals surface area contributed by atoms with E-state index in [9.17, 15) is 0 Å². The van der Waals surface area contributed by atoms with Gasteiger partial charge in [0.25, 0.3) is 0 Å². The van der Waals surface area contributed by atoms with Crippen LogP contribution < -0.4 is 0 Å². The predicted octanol–water partition coefficient (Wildman–Crippen LogP) is 3.30. The average molecular weight is 235 g/mol. The summed E-state index contributed by atoms with van der Waals surface area (Å²) < 4.78 is 2.10. The SMILES string of the molecule is c1ncc2ccn(-c3ccc(C4CC4)cc3)c2n1. The van der Waals surface area contributed by atoms with Gasteiger partial charge < -0.3 is 4.57 Å². The molecule has 0 atom stereocenters. The van der Waals surface area contributed by atoms with Gasteiger partial charge in [-0.1, -0.05) is 12.1 Å². The molecule has 0 amide bonds. The first-order valence-electron chi connectivity index (χ1n) is 6.29. The van der Waals surface area contributed by atoms with Crippen LogP contribution in [0.2, 0.25) is 0 Å². The lowest BCUT2D eigenvalue weighted by atomic mass is 10.1. The zero-order chi connectivity index (χ0) is 11.9. The zero-order valence-corrected chi connectivity index (χ0v) is 9.95. The summed E-state index contributed by atoms with van der Waals surface area (Å²) in [6.07, 6.45) is 8.18. The van der Waals surface area contributed by atoms with Crippen molar-refractivity contribution in [2.24, 2.45) is 0 Å². The molecule has 2 heterocycles. The highest BCUT2D eigenvalue weighted by molar-refractivity contribution is 5.76. The molecule has 1 aromatic carbocycles. The fourth-order valence-electron chi connectivity index (χ4n) is 2.41. The minimum Gasteiger partial charge on any atom is -0.301 e. The second-order valence-corrected chi connectivity index (χ2v) is 4.85. The maximum atomic E-state index is 4.34. The lowest BCUT2D eigenvalue weighted by Gasteiger charge is -2.05. The molecular weight excluding hydrogens is 222 g/mol. The molecule has 3 aromatic rings. The number of rotatable bonds is 2. The van der Waals surface area contributed by atoms with E-state index < -0.39 is 0 Å². The number of aromatic nitrogens is 3. The molecule has 0 unspecified atom stereocenters. The van der Waals surface area contributed by atoms with Crippen molar-refractivity contribution in [1.29, 1.82) is 0 Å². The van der Waals surface area contributed by atoms with Crippen molar-refractivity contribution in [3.63, 3.8) is 0 Å². The van der Waals surface area contributed by atoms with Crippen molar-refractivity contribution in [1.82, 2.24) is 14.5 Å². The van der Waals surface area contributed by atoms with Gasteiger partial charge in [-0.25, -0.2) is 9.97 Å². The van der Waals surface area contributed by atoms with Gasteiger partial charge in [-0.15, -0.1) is 0 Å². The van der Waals surface area contributed by atoms with Gasteiger partial charge in [-0.05, 0) is 42.5 Å². The third-order valence-electron chi connectivity index (χ3n) is 3.57. The van der Waals surface area contributed by atoms with Crippen LogP contribution in [-0.2, 0) is 0 Å². The molecule has 0 aliphatic heterocycles.